The third kappa shape index (κ3) is 6.84. The van der Waals surface area contributed by atoms with E-state index in [4.69, 9.17) is 0 Å². The maximum atomic E-state index is 3.49. The third-order valence-corrected chi connectivity index (χ3v) is 8.52. The van der Waals surface area contributed by atoms with Crippen LogP contribution in [0.25, 0.3) is 11.1 Å². The lowest BCUT2D eigenvalue weighted by Gasteiger charge is -2.33. The molecule has 0 nitrogen and oxygen atoms in total. The van der Waals surface area contributed by atoms with E-state index >= 15 is 0 Å². The first kappa shape index (κ1) is 28.5. The van der Waals surface area contributed by atoms with Crippen molar-refractivity contribution in [2.24, 2.45) is 0 Å². The average Bonchev–Trinajstić information content (AvgIpc) is 3.29. The van der Waals surface area contributed by atoms with Crippen molar-refractivity contribution in [2.75, 3.05) is 0 Å². The van der Waals surface area contributed by atoms with Crippen LogP contribution in [0.15, 0.2) is 97.1 Å². The molecule has 0 heteroatoms. The predicted molar refractivity (Wildman–Crippen MR) is 175 cm³/mol. The molecular formula is C41H42. The lowest BCUT2D eigenvalue weighted by Crippen LogP contribution is -2.26. The molecule has 41 heavy (non-hydrogen) atoms. The fourth-order valence-electron chi connectivity index (χ4n) is 6.35. The van der Waals surface area contributed by atoms with Gasteiger partial charge in [0, 0.05) is 27.7 Å². The van der Waals surface area contributed by atoms with Crippen LogP contribution in [0.5, 0.6) is 0 Å². The zero-order chi connectivity index (χ0) is 28.3. The Labute approximate surface area is 248 Å². The van der Waals surface area contributed by atoms with Gasteiger partial charge in [-0.25, -0.2) is 0 Å². The predicted octanol–water partition coefficient (Wildman–Crippen LogP) is 10.7. The molecule has 0 spiro atoms. The monoisotopic (exact) mass is 534 g/mol. The summed E-state index contributed by atoms with van der Waals surface area (Å²) in [5, 5.41) is 0. The van der Waals surface area contributed by atoms with Gasteiger partial charge in [-0.05, 0) is 83.6 Å². The van der Waals surface area contributed by atoms with Crippen molar-refractivity contribution >= 4 is 0 Å². The summed E-state index contributed by atoms with van der Waals surface area (Å²) in [5.41, 5.74) is 10.1. The largest absolute Gasteiger partial charge is 0.0654 e. The number of unbranched alkanes of at least 4 members (excludes halogenated alkanes) is 6. The maximum absolute atomic E-state index is 3.49. The highest BCUT2D eigenvalue weighted by atomic mass is 14.4. The Morgan fingerprint density at radius 2 is 0.854 bits per heavy atom. The number of fused-ring (bicyclic) bond motifs is 3. The van der Waals surface area contributed by atoms with Crippen molar-refractivity contribution in [3.63, 3.8) is 0 Å². The van der Waals surface area contributed by atoms with E-state index in [-0.39, 0.29) is 5.41 Å². The molecule has 4 aromatic carbocycles. The van der Waals surface area contributed by atoms with Crippen molar-refractivity contribution in [1.29, 1.82) is 0 Å². The topological polar surface area (TPSA) is 0 Å². The summed E-state index contributed by atoms with van der Waals surface area (Å²) in [7, 11) is 0. The molecule has 0 radical (unpaired) electrons. The fourth-order valence-corrected chi connectivity index (χ4v) is 6.35. The van der Waals surface area contributed by atoms with E-state index in [2.05, 4.69) is 122 Å². The van der Waals surface area contributed by atoms with Gasteiger partial charge in [-0.1, -0.05) is 137 Å². The number of rotatable bonds is 10. The highest BCUT2D eigenvalue weighted by Gasteiger charge is 2.42. The molecule has 0 aromatic heterocycles. The smallest absolute Gasteiger partial charge is 0.0252 e. The highest BCUT2D eigenvalue weighted by molar-refractivity contribution is 5.82. The molecule has 0 bridgehead atoms. The highest BCUT2D eigenvalue weighted by Crippen LogP contribution is 2.54. The molecule has 1 aliphatic rings. The van der Waals surface area contributed by atoms with Gasteiger partial charge in [-0.3, -0.25) is 0 Å². The van der Waals surface area contributed by atoms with Crippen molar-refractivity contribution in [2.45, 2.75) is 83.5 Å². The minimum atomic E-state index is 0.0149. The molecule has 0 amide bonds. The Kier molecular flexibility index (Phi) is 9.78. The van der Waals surface area contributed by atoms with E-state index in [9.17, 15) is 0 Å². The fraction of sp³-hybridized carbons (Fsp3) is 0.317. The van der Waals surface area contributed by atoms with Crippen LogP contribution in [0.2, 0.25) is 0 Å². The molecule has 0 N–H and O–H groups in total. The molecule has 206 valence electrons. The van der Waals surface area contributed by atoms with Crippen LogP contribution >= 0.6 is 0 Å². The van der Waals surface area contributed by atoms with E-state index in [0.717, 1.165) is 22.3 Å². The van der Waals surface area contributed by atoms with Crippen LogP contribution in [0, 0.1) is 23.7 Å². The lowest BCUT2D eigenvalue weighted by atomic mass is 9.70. The first-order chi connectivity index (χ1) is 20.2. The average molecular weight is 535 g/mol. The van der Waals surface area contributed by atoms with Gasteiger partial charge in [-0.15, -0.1) is 0 Å². The van der Waals surface area contributed by atoms with Crippen molar-refractivity contribution in [1.82, 2.24) is 0 Å². The Bertz CT molecular complexity index is 1430. The molecule has 0 atom stereocenters. The second-order valence-corrected chi connectivity index (χ2v) is 11.5. The van der Waals surface area contributed by atoms with E-state index < -0.39 is 0 Å². The van der Waals surface area contributed by atoms with Gasteiger partial charge in [-0.2, -0.15) is 0 Å². The maximum Gasteiger partial charge on any atom is 0.0252 e. The van der Waals surface area contributed by atoms with E-state index in [1.165, 1.54) is 86.5 Å². The quantitative estimate of drug-likeness (QED) is 0.140. The Morgan fingerprint density at radius 1 is 0.439 bits per heavy atom. The van der Waals surface area contributed by atoms with Crippen molar-refractivity contribution in [3.05, 3.63) is 130 Å². The molecule has 0 aliphatic heterocycles. The summed E-state index contributed by atoms with van der Waals surface area (Å²) in [5.74, 6) is 13.8. The Balaban J connectivity index is 1.59. The second kappa shape index (κ2) is 14.1. The van der Waals surface area contributed by atoms with Gasteiger partial charge in [0.15, 0.2) is 0 Å². The van der Waals surface area contributed by atoms with Gasteiger partial charge in [0.25, 0.3) is 0 Å². The summed E-state index contributed by atoms with van der Waals surface area (Å²) in [4.78, 5) is 0. The molecule has 4 aromatic rings. The molecule has 0 saturated heterocycles. The number of hydrogen-bond acceptors (Lipinski definition) is 0. The number of benzene rings is 4. The van der Waals surface area contributed by atoms with Crippen LogP contribution in [0.1, 0.15) is 111 Å². The minimum Gasteiger partial charge on any atom is -0.0654 e. The molecule has 0 fully saturated rings. The van der Waals surface area contributed by atoms with Gasteiger partial charge >= 0.3 is 0 Å². The second-order valence-electron chi connectivity index (χ2n) is 11.5. The summed E-state index contributed by atoms with van der Waals surface area (Å²) in [6.45, 7) is 4.60. The summed E-state index contributed by atoms with van der Waals surface area (Å²) >= 11 is 0. The summed E-state index contributed by atoms with van der Waals surface area (Å²) in [6.07, 6.45) is 12.6. The van der Waals surface area contributed by atoms with E-state index in [0.29, 0.717) is 0 Å². The minimum absolute atomic E-state index is 0.0149. The molecule has 5 rings (SSSR count). The zero-order valence-corrected chi connectivity index (χ0v) is 24.8. The first-order valence-corrected chi connectivity index (χ1v) is 15.7. The molecule has 0 saturated carbocycles. The third-order valence-electron chi connectivity index (χ3n) is 8.52. The van der Waals surface area contributed by atoms with Crippen LogP contribution in [0.4, 0.5) is 0 Å². The Hall–Kier alpha value is -4.00. The van der Waals surface area contributed by atoms with Gasteiger partial charge in [0.05, 0.1) is 0 Å². The number of hydrogen-bond donors (Lipinski definition) is 0. The van der Waals surface area contributed by atoms with Gasteiger partial charge in [0.1, 0.15) is 0 Å². The molecular weight excluding hydrogens is 492 g/mol. The first-order valence-electron chi connectivity index (χ1n) is 15.7. The van der Waals surface area contributed by atoms with E-state index in [1.807, 2.05) is 12.1 Å². The van der Waals surface area contributed by atoms with Crippen LogP contribution in [-0.4, -0.2) is 0 Å². The molecule has 0 unspecified atom stereocenters. The van der Waals surface area contributed by atoms with Crippen molar-refractivity contribution in [3.8, 4) is 34.8 Å². The molecule has 1 aliphatic carbocycles. The van der Waals surface area contributed by atoms with Gasteiger partial charge in [0.2, 0.25) is 0 Å². The standard InChI is InChI=1S/C41H42/c1-3-5-7-15-29-41(30-16-8-6-4-2)39-31-35(23-21-33-17-11-9-12-18-33)25-27-37(39)38-28-26-36(32-40(38)41)24-22-34-19-13-10-14-20-34/h9-14,17-20,25-28,31-32H,3-8,15-16,29-30H2,1-2H3. The van der Waals surface area contributed by atoms with Crippen LogP contribution in [-0.2, 0) is 5.41 Å². The SMILES string of the molecule is CCCCCCC1(CCCCCC)c2cc(C#Cc3ccccc3)ccc2-c2ccc(C#Cc3ccccc3)cc21. The Morgan fingerprint density at radius 3 is 1.27 bits per heavy atom. The van der Waals surface area contributed by atoms with Crippen molar-refractivity contribution < 1.29 is 0 Å². The molecule has 0 heterocycles. The van der Waals surface area contributed by atoms with Crippen LogP contribution < -0.4 is 0 Å². The summed E-state index contributed by atoms with van der Waals surface area (Å²) in [6, 6.07) is 34.6. The lowest BCUT2D eigenvalue weighted by molar-refractivity contribution is 0.401. The van der Waals surface area contributed by atoms with Gasteiger partial charge < -0.3 is 0 Å². The normalized spacial score (nSPS) is 12.4. The summed E-state index contributed by atoms with van der Waals surface area (Å²) < 4.78 is 0. The van der Waals surface area contributed by atoms with Crippen LogP contribution in [0.3, 0.4) is 0 Å². The van der Waals surface area contributed by atoms with E-state index in [1.54, 1.807) is 0 Å². The zero-order valence-electron chi connectivity index (χ0n) is 24.8.